The maximum absolute atomic E-state index is 10.6. The van der Waals surface area contributed by atoms with Crippen LogP contribution in [0.25, 0.3) is 10.8 Å². The van der Waals surface area contributed by atoms with Gasteiger partial charge in [-0.25, -0.2) is 0 Å². The summed E-state index contributed by atoms with van der Waals surface area (Å²) in [5.41, 5.74) is 0. The summed E-state index contributed by atoms with van der Waals surface area (Å²) in [4.78, 5) is 0. The zero-order valence-electron chi connectivity index (χ0n) is 6.02. The molecular formula is C8H5O3S-. The van der Waals surface area contributed by atoms with Gasteiger partial charge in [-0.1, -0.05) is 18.2 Å². The molecule has 0 amide bonds. The number of furan rings is 1. The van der Waals surface area contributed by atoms with E-state index in [0.717, 1.165) is 5.39 Å². The van der Waals surface area contributed by atoms with Gasteiger partial charge in [0.1, 0.15) is 0 Å². The predicted octanol–water partition coefficient (Wildman–Crippen LogP) is 1.67. The van der Waals surface area contributed by atoms with Gasteiger partial charge in [0.15, 0.2) is 5.09 Å². The Labute approximate surface area is 71.3 Å². The first-order valence-electron chi connectivity index (χ1n) is 3.34. The van der Waals surface area contributed by atoms with E-state index in [1.807, 2.05) is 6.07 Å². The van der Waals surface area contributed by atoms with E-state index in [2.05, 4.69) is 0 Å². The van der Waals surface area contributed by atoms with Crippen LogP contribution in [-0.4, -0.2) is 8.76 Å². The van der Waals surface area contributed by atoms with Crippen molar-refractivity contribution < 1.29 is 13.2 Å². The Morgan fingerprint density at radius 1 is 1.33 bits per heavy atom. The molecule has 0 aliphatic rings. The molecule has 4 heteroatoms. The topological polar surface area (TPSA) is 53.3 Å². The third-order valence-corrected chi connectivity index (χ3v) is 2.24. The fraction of sp³-hybridized carbons (Fsp3) is 0. The van der Waals surface area contributed by atoms with E-state index in [4.69, 9.17) is 4.42 Å². The Morgan fingerprint density at radius 2 is 2.08 bits per heavy atom. The van der Waals surface area contributed by atoms with Crippen LogP contribution in [0.2, 0.25) is 0 Å². The second-order valence-corrected chi connectivity index (χ2v) is 3.19. The van der Waals surface area contributed by atoms with E-state index in [1.165, 1.54) is 6.26 Å². The molecule has 62 valence electrons. The van der Waals surface area contributed by atoms with Gasteiger partial charge in [-0.05, 0) is 6.07 Å². The van der Waals surface area contributed by atoms with Gasteiger partial charge in [0.25, 0.3) is 0 Å². The molecule has 0 saturated heterocycles. The molecule has 3 nitrogen and oxygen atoms in total. The largest absolute Gasteiger partial charge is 0.766 e. The van der Waals surface area contributed by atoms with Crippen LogP contribution in [0.1, 0.15) is 0 Å². The lowest BCUT2D eigenvalue weighted by atomic mass is 10.2. The van der Waals surface area contributed by atoms with E-state index < -0.39 is 11.1 Å². The molecule has 0 fully saturated rings. The second kappa shape index (κ2) is 2.73. The lowest BCUT2D eigenvalue weighted by molar-refractivity contribution is 0.440. The van der Waals surface area contributed by atoms with Crippen molar-refractivity contribution in [1.29, 1.82) is 0 Å². The van der Waals surface area contributed by atoms with Crippen molar-refractivity contribution in [2.75, 3.05) is 0 Å². The molecular weight excluding hydrogens is 176 g/mol. The van der Waals surface area contributed by atoms with Crippen molar-refractivity contribution >= 4 is 21.9 Å². The molecule has 0 bridgehead atoms. The maximum Gasteiger partial charge on any atom is 0.184 e. The van der Waals surface area contributed by atoms with Crippen LogP contribution in [0.4, 0.5) is 0 Å². The minimum absolute atomic E-state index is 0.00519. The Hall–Kier alpha value is -1.13. The lowest BCUT2D eigenvalue weighted by Crippen LogP contribution is -1.84. The molecule has 1 aromatic heterocycles. The van der Waals surface area contributed by atoms with Crippen LogP contribution in [0.5, 0.6) is 0 Å². The molecule has 0 aliphatic heterocycles. The van der Waals surface area contributed by atoms with Crippen LogP contribution in [0.15, 0.2) is 40.0 Å². The zero-order valence-corrected chi connectivity index (χ0v) is 6.84. The lowest BCUT2D eigenvalue weighted by Gasteiger charge is -1.99. The number of rotatable bonds is 1. The summed E-state index contributed by atoms with van der Waals surface area (Å²) in [7, 11) is 0. The Kier molecular flexibility index (Phi) is 1.71. The molecule has 12 heavy (non-hydrogen) atoms. The molecule has 0 aliphatic carbocycles. The Bertz CT molecular complexity index is 433. The fourth-order valence-corrected chi connectivity index (χ4v) is 1.59. The summed E-state index contributed by atoms with van der Waals surface area (Å²) in [5.74, 6) is 0. The molecule has 1 atom stereocenters. The van der Waals surface area contributed by atoms with Crippen LogP contribution in [-0.2, 0) is 11.1 Å². The monoisotopic (exact) mass is 181 g/mol. The first kappa shape index (κ1) is 7.52. The van der Waals surface area contributed by atoms with Crippen molar-refractivity contribution in [3.05, 3.63) is 30.5 Å². The van der Waals surface area contributed by atoms with E-state index in [9.17, 15) is 8.76 Å². The number of fused-ring (bicyclic) bond motifs is 1. The SMILES string of the molecule is O=S([O-])c1occ2ccccc12. The number of hydrogen-bond donors (Lipinski definition) is 0. The van der Waals surface area contributed by atoms with Gasteiger partial charge in [-0.2, -0.15) is 0 Å². The summed E-state index contributed by atoms with van der Waals surface area (Å²) < 4.78 is 26.0. The number of hydrogen-bond acceptors (Lipinski definition) is 3. The smallest absolute Gasteiger partial charge is 0.184 e. The predicted molar refractivity (Wildman–Crippen MR) is 43.4 cm³/mol. The minimum atomic E-state index is -2.29. The van der Waals surface area contributed by atoms with Crippen LogP contribution >= 0.6 is 0 Å². The molecule has 0 spiro atoms. The normalized spacial score (nSPS) is 13.4. The average molecular weight is 181 g/mol. The van der Waals surface area contributed by atoms with E-state index in [0.29, 0.717) is 5.39 Å². The quantitative estimate of drug-likeness (QED) is 0.629. The van der Waals surface area contributed by atoms with Crippen LogP contribution < -0.4 is 0 Å². The first-order chi connectivity index (χ1) is 5.79. The standard InChI is InChI=1S/C8H6O3S/c9-12(10)8-7-4-2-1-3-6(7)5-11-8/h1-5H,(H,9,10)/p-1. The zero-order chi connectivity index (χ0) is 8.55. The molecule has 2 rings (SSSR count). The highest BCUT2D eigenvalue weighted by Gasteiger charge is 2.04. The summed E-state index contributed by atoms with van der Waals surface area (Å²) >= 11 is -2.29. The van der Waals surface area contributed by atoms with Gasteiger partial charge in [0.05, 0.1) is 6.26 Å². The van der Waals surface area contributed by atoms with Crippen molar-refractivity contribution in [3.8, 4) is 0 Å². The van der Waals surface area contributed by atoms with Crippen molar-refractivity contribution in [2.45, 2.75) is 5.09 Å². The molecule has 0 N–H and O–H groups in total. The maximum atomic E-state index is 10.6. The first-order valence-corrected chi connectivity index (χ1v) is 4.42. The fourth-order valence-electron chi connectivity index (χ4n) is 1.10. The molecule has 1 heterocycles. The molecule has 0 saturated carbocycles. The van der Waals surface area contributed by atoms with Crippen molar-refractivity contribution in [2.24, 2.45) is 0 Å². The van der Waals surface area contributed by atoms with E-state index in [-0.39, 0.29) is 5.09 Å². The van der Waals surface area contributed by atoms with Gasteiger partial charge >= 0.3 is 0 Å². The van der Waals surface area contributed by atoms with E-state index in [1.54, 1.807) is 18.2 Å². The molecule has 0 radical (unpaired) electrons. The third kappa shape index (κ3) is 1.05. The van der Waals surface area contributed by atoms with Gasteiger partial charge in [0.2, 0.25) is 0 Å². The minimum Gasteiger partial charge on any atom is -0.766 e. The highest BCUT2D eigenvalue weighted by atomic mass is 32.2. The van der Waals surface area contributed by atoms with Crippen LogP contribution in [0, 0.1) is 0 Å². The van der Waals surface area contributed by atoms with Crippen molar-refractivity contribution in [1.82, 2.24) is 0 Å². The van der Waals surface area contributed by atoms with Gasteiger partial charge in [0, 0.05) is 21.9 Å². The van der Waals surface area contributed by atoms with Gasteiger partial charge in [-0.15, -0.1) is 0 Å². The highest BCUT2D eigenvalue weighted by Crippen LogP contribution is 2.22. The van der Waals surface area contributed by atoms with Gasteiger partial charge in [-0.3, -0.25) is 4.21 Å². The second-order valence-electron chi connectivity index (χ2n) is 2.35. The summed E-state index contributed by atoms with van der Waals surface area (Å²) in [6, 6.07) is 7.11. The summed E-state index contributed by atoms with van der Waals surface area (Å²) in [6.45, 7) is 0. The Morgan fingerprint density at radius 3 is 2.83 bits per heavy atom. The summed E-state index contributed by atoms with van der Waals surface area (Å²) in [5, 5.41) is 1.44. The molecule has 1 aromatic carbocycles. The Balaban J connectivity index is 2.79. The highest BCUT2D eigenvalue weighted by molar-refractivity contribution is 7.79. The summed E-state index contributed by atoms with van der Waals surface area (Å²) in [6.07, 6.45) is 1.43. The third-order valence-electron chi connectivity index (χ3n) is 1.63. The van der Waals surface area contributed by atoms with Gasteiger partial charge < -0.3 is 8.97 Å². The molecule has 2 aromatic rings. The average Bonchev–Trinajstić information content (AvgIpc) is 2.47. The van der Waals surface area contributed by atoms with Crippen molar-refractivity contribution in [3.63, 3.8) is 0 Å². The van der Waals surface area contributed by atoms with E-state index >= 15 is 0 Å². The molecule has 1 unspecified atom stereocenters. The number of benzene rings is 1. The van der Waals surface area contributed by atoms with Crippen LogP contribution in [0.3, 0.4) is 0 Å².